The maximum Gasteiger partial charge on any atom is 0.142 e. The second-order valence-electron chi connectivity index (χ2n) is 7.40. The van der Waals surface area contributed by atoms with Crippen LogP contribution in [0.2, 0.25) is 0 Å². The number of nitrogens with zero attached hydrogens (tertiary/aromatic N) is 3. The van der Waals surface area contributed by atoms with Gasteiger partial charge in [-0.2, -0.15) is 0 Å². The molecule has 0 saturated heterocycles. The molecule has 1 aromatic heterocycles. The molecule has 3 nitrogen and oxygen atoms in total. The Morgan fingerprint density at radius 3 is 2.52 bits per heavy atom. The fourth-order valence-corrected chi connectivity index (χ4v) is 4.21. The van der Waals surface area contributed by atoms with Crippen LogP contribution in [0.15, 0.2) is 54.6 Å². The predicted molar refractivity (Wildman–Crippen MR) is 115 cm³/mol. The van der Waals surface area contributed by atoms with E-state index in [1.54, 1.807) is 0 Å². The first-order chi connectivity index (χ1) is 13.1. The minimum Gasteiger partial charge on any atom is -0.325 e. The summed E-state index contributed by atoms with van der Waals surface area (Å²) in [5.74, 6) is 0.981. The Kier molecular flexibility index (Phi) is 5.19. The van der Waals surface area contributed by atoms with E-state index in [2.05, 4.69) is 72.1 Å². The largest absolute Gasteiger partial charge is 0.325 e. The quantitative estimate of drug-likeness (QED) is 0.586. The van der Waals surface area contributed by atoms with Gasteiger partial charge in [-0.05, 0) is 45.5 Å². The molecule has 138 valence electrons. The molecule has 4 heteroatoms. The summed E-state index contributed by atoms with van der Waals surface area (Å²) >= 11 is 5.74. The van der Waals surface area contributed by atoms with Crippen molar-refractivity contribution in [2.75, 3.05) is 20.6 Å². The van der Waals surface area contributed by atoms with Crippen LogP contribution in [0.5, 0.6) is 0 Å². The van der Waals surface area contributed by atoms with E-state index in [1.807, 2.05) is 6.07 Å². The van der Waals surface area contributed by atoms with Crippen LogP contribution in [0, 0.1) is 4.64 Å². The first kappa shape index (κ1) is 18.1. The molecule has 1 heterocycles. The van der Waals surface area contributed by atoms with Crippen molar-refractivity contribution in [1.82, 2.24) is 14.5 Å². The molecule has 1 aliphatic rings. The molecule has 0 N–H and O–H groups in total. The van der Waals surface area contributed by atoms with Crippen molar-refractivity contribution in [1.29, 1.82) is 0 Å². The first-order valence-electron chi connectivity index (χ1n) is 9.57. The number of rotatable bonds is 5. The molecule has 1 aliphatic carbocycles. The number of aromatic nitrogens is 2. The van der Waals surface area contributed by atoms with Gasteiger partial charge in [-0.15, -0.1) is 0 Å². The fourth-order valence-electron chi connectivity index (χ4n) is 3.93. The minimum atomic E-state index is 0.752. The number of aryl methyl sites for hydroxylation is 1. The van der Waals surface area contributed by atoms with Gasteiger partial charge in [0, 0.05) is 23.2 Å². The normalized spacial score (nSPS) is 12.7. The van der Waals surface area contributed by atoms with E-state index < -0.39 is 0 Å². The Hall–Kier alpha value is -2.30. The zero-order valence-corrected chi connectivity index (χ0v) is 16.8. The van der Waals surface area contributed by atoms with E-state index in [1.165, 1.54) is 22.4 Å². The van der Waals surface area contributed by atoms with E-state index in [0.29, 0.717) is 0 Å². The molecule has 0 spiro atoms. The average Bonchev–Trinajstić information content (AvgIpc) is 2.69. The van der Waals surface area contributed by atoms with Gasteiger partial charge in [0.25, 0.3) is 0 Å². The third kappa shape index (κ3) is 3.60. The number of hydrogen-bond donors (Lipinski definition) is 0. The van der Waals surface area contributed by atoms with E-state index >= 15 is 0 Å². The molecule has 0 unspecified atom stereocenters. The second kappa shape index (κ2) is 7.75. The van der Waals surface area contributed by atoms with Gasteiger partial charge in [0.2, 0.25) is 0 Å². The van der Waals surface area contributed by atoms with Crippen LogP contribution in [0.3, 0.4) is 0 Å². The van der Waals surface area contributed by atoms with Crippen molar-refractivity contribution in [3.63, 3.8) is 0 Å². The standard InChI is InChI=1S/C23H25N3S/c1-25(2)15-8-16-26-21-19-12-7-6-9-17(19)13-14-20(21)23(27)24-22(26)18-10-4-3-5-11-18/h3-7,9-12H,8,13-16H2,1-2H3. The third-order valence-electron chi connectivity index (χ3n) is 5.21. The highest BCUT2D eigenvalue weighted by molar-refractivity contribution is 7.71. The van der Waals surface area contributed by atoms with E-state index in [0.717, 1.165) is 48.4 Å². The van der Waals surface area contributed by atoms with Crippen molar-refractivity contribution in [3.8, 4) is 22.6 Å². The monoisotopic (exact) mass is 375 g/mol. The molecular formula is C23H25N3S. The van der Waals surface area contributed by atoms with Crippen LogP contribution in [-0.2, 0) is 19.4 Å². The topological polar surface area (TPSA) is 21.1 Å². The second-order valence-corrected chi connectivity index (χ2v) is 7.79. The molecule has 4 rings (SSSR count). The Morgan fingerprint density at radius 2 is 1.74 bits per heavy atom. The van der Waals surface area contributed by atoms with E-state index in [4.69, 9.17) is 17.2 Å². The fraction of sp³-hybridized carbons (Fsp3) is 0.304. The van der Waals surface area contributed by atoms with Gasteiger partial charge < -0.3 is 9.47 Å². The van der Waals surface area contributed by atoms with Gasteiger partial charge >= 0.3 is 0 Å². The highest BCUT2D eigenvalue weighted by Gasteiger charge is 2.23. The van der Waals surface area contributed by atoms with Crippen molar-refractivity contribution in [3.05, 3.63) is 70.4 Å². The lowest BCUT2D eigenvalue weighted by atomic mass is 9.89. The average molecular weight is 376 g/mol. The van der Waals surface area contributed by atoms with Gasteiger partial charge in [-0.25, -0.2) is 4.98 Å². The van der Waals surface area contributed by atoms with Crippen LogP contribution in [-0.4, -0.2) is 35.1 Å². The van der Waals surface area contributed by atoms with Gasteiger partial charge in [0.1, 0.15) is 10.5 Å². The number of fused-ring (bicyclic) bond motifs is 3. The maximum atomic E-state index is 5.74. The summed E-state index contributed by atoms with van der Waals surface area (Å²) < 4.78 is 3.16. The smallest absolute Gasteiger partial charge is 0.142 e. The Bertz CT molecular complexity index is 1010. The lowest BCUT2D eigenvalue weighted by Gasteiger charge is -2.27. The molecule has 2 aromatic carbocycles. The van der Waals surface area contributed by atoms with Crippen molar-refractivity contribution >= 4 is 12.2 Å². The highest BCUT2D eigenvalue weighted by atomic mass is 32.1. The Balaban J connectivity index is 1.93. The summed E-state index contributed by atoms with van der Waals surface area (Å²) in [5, 5.41) is 0. The van der Waals surface area contributed by atoms with Crippen molar-refractivity contribution in [2.24, 2.45) is 0 Å². The summed E-state index contributed by atoms with van der Waals surface area (Å²) in [6, 6.07) is 19.2. The summed E-state index contributed by atoms with van der Waals surface area (Å²) in [5.41, 5.74) is 6.35. The molecule has 0 aliphatic heterocycles. The molecule has 0 radical (unpaired) electrons. The maximum absolute atomic E-state index is 5.74. The predicted octanol–water partition coefficient (Wildman–Crippen LogP) is 5.00. The third-order valence-corrected chi connectivity index (χ3v) is 5.55. The summed E-state index contributed by atoms with van der Waals surface area (Å²) in [6.45, 7) is 1.98. The summed E-state index contributed by atoms with van der Waals surface area (Å²) in [6.07, 6.45) is 3.09. The van der Waals surface area contributed by atoms with Gasteiger partial charge in [0.15, 0.2) is 0 Å². The Labute approximate surface area is 166 Å². The molecule has 3 aromatic rings. The van der Waals surface area contributed by atoms with Crippen LogP contribution in [0.4, 0.5) is 0 Å². The lowest BCUT2D eigenvalue weighted by Crippen LogP contribution is -2.20. The lowest BCUT2D eigenvalue weighted by molar-refractivity contribution is 0.386. The molecule has 0 fully saturated rings. The van der Waals surface area contributed by atoms with Gasteiger partial charge in [-0.1, -0.05) is 66.8 Å². The minimum absolute atomic E-state index is 0.752. The highest BCUT2D eigenvalue weighted by Crippen LogP contribution is 2.36. The van der Waals surface area contributed by atoms with Crippen molar-refractivity contribution in [2.45, 2.75) is 25.8 Å². The van der Waals surface area contributed by atoms with Gasteiger partial charge in [0.05, 0.1) is 5.69 Å². The van der Waals surface area contributed by atoms with Crippen LogP contribution in [0.1, 0.15) is 17.5 Å². The zero-order chi connectivity index (χ0) is 18.8. The molecular weight excluding hydrogens is 350 g/mol. The van der Waals surface area contributed by atoms with Crippen molar-refractivity contribution < 1.29 is 0 Å². The van der Waals surface area contributed by atoms with E-state index in [-0.39, 0.29) is 0 Å². The van der Waals surface area contributed by atoms with Crippen LogP contribution >= 0.6 is 12.2 Å². The molecule has 27 heavy (non-hydrogen) atoms. The zero-order valence-electron chi connectivity index (χ0n) is 16.0. The number of hydrogen-bond acceptors (Lipinski definition) is 3. The summed E-state index contributed by atoms with van der Waals surface area (Å²) in [7, 11) is 4.25. The molecule has 0 bridgehead atoms. The SMILES string of the molecule is CN(C)CCCn1c(-c2ccccc2)nc(=S)c2c1-c1ccccc1CC2. The van der Waals surface area contributed by atoms with Gasteiger partial charge in [-0.3, -0.25) is 0 Å². The van der Waals surface area contributed by atoms with Crippen LogP contribution < -0.4 is 0 Å². The molecule has 0 atom stereocenters. The number of benzene rings is 2. The summed E-state index contributed by atoms with van der Waals surface area (Å²) in [4.78, 5) is 7.13. The molecule has 0 amide bonds. The van der Waals surface area contributed by atoms with E-state index in [9.17, 15) is 0 Å². The molecule has 0 saturated carbocycles. The first-order valence-corrected chi connectivity index (χ1v) is 9.98. The Morgan fingerprint density at radius 1 is 1.00 bits per heavy atom. The van der Waals surface area contributed by atoms with Crippen LogP contribution in [0.25, 0.3) is 22.6 Å².